The number of pyridine rings is 1. The third kappa shape index (κ3) is 5.25. The molecule has 1 aromatic carbocycles. The number of hydrogen-bond acceptors (Lipinski definition) is 5. The molecule has 0 unspecified atom stereocenters. The number of benzene rings is 1. The van der Waals surface area contributed by atoms with Gasteiger partial charge in [-0.1, -0.05) is 18.2 Å². The van der Waals surface area contributed by atoms with E-state index in [0.717, 1.165) is 43.5 Å². The van der Waals surface area contributed by atoms with Crippen LogP contribution in [0.1, 0.15) is 42.6 Å². The summed E-state index contributed by atoms with van der Waals surface area (Å²) in [5.41, 5.74) is 1.13. The van der Waals surface area contributed by atoms with Gasteiger partial charge in [-0.2, -0.15) is 0 Å². The summed E-state index contributed by atoms with van der Waals surface area (Å²) in [5, 5.41) is 6.20. The van der Waals surface area contributed by atoms with Gasteiger partial charge in [-0.05, 0) is 56.4 Å². The SMILES string of the molecule is O=C(CN1CCCCCOc2ccccc2Nc2cccc(n2)C1=O)NC1CC1. The van der Waals surface area contributed by atoms with Crippen molar-refractivity contribution in [1.29, 1.82) is 0 Å². The molecule has 2 amide bonds. The zero-order chi connectivity index (χ0) is 20.1. The van der Waals surface area contributed by atoms with Gasteiger partial charge >= 0.3 is 0 Å². The molecule has 4 rings (SSSR count). The fourth-order valence-corrected chi connectivity index (χ4v) is 3.31. The first-order valence-corrected chi connectivity index (χ1v) is 10.2. The zero-order valence-corrected chi connectivity index (χ0v) is 16.4. The molecule has 2 N–H and O–H groups in total. The van der Waals surface area contributed by atoms with Crippen molar-refractivity contribution in [2.24, 2.45) is 0 Å². The molecule has 0 radical (unpaired) electrons. The van der Waals surface area contributed by atoms with Gasteiger partial charge in [0, 0.05) is 12.6 Å². The van der Waals surface area contributed by atoms with Crippen LogP contribution in [0.4, 0.5) is 11.5 Å². The summed E-state index contributed by atoms with van der Waals surface area (Å²) in [4.78, 5) is 31.5. The highest BCUT2D eigenvalue weighted by Crippen LogP contribution is 2.27. The molecule has 2 aromatic rings. The van der Waals surface area contributed by atoms with E-state index in [4.69, 9.17) is 4.74 Å². The lowest BCUT2D eigenvalue weighted by molar-refractivity contribution is -0.121. The summed E-state index contributed by atoms with van der Waals surface area (Å²) in [6.45, 7) is 1.18. The predicted molar refractivity (Wildman–Crippen MR) is 110 cm³/mol. The van der Waals surface area contributed by atoms with Gasteiger partial charge in [0.05, 0.1) is 18.8 Å². The molecule has 2 bridgehead atoms. The number of para-hydroxylation sites is 2. The molecule has 1 aliphatic carbocycles. The number of hydrogen-bond donors (Lipinski definition) is 2. The molecular weight excluding hydrogens is 368 g/mol. The quantitative estimate of drug-likeness (QED) is 0.836. The molecule has 0 saturated heterocycles. The second kappa shape index (κ2) is 8.94. The minimum Gasteiger partial charge on any atom is -0.491 e. The number of aromatic nitrogens is 1. The normalized spacial score (nSPS) is 17.4. The average Bonchev–Trinajstić information content (AvgIpc) is 3.53. The van der Waals surface area contributed by atoms with E-state index in [-0.39, 0.29) is 24.4 Å². The summed E-state index contributed by atoms with van der Waals surface area (Å²) in [5.74, 6) is 1.00. The van der Waals surface area contributed by atoms with Crippen LogP contribution < -0.4 is 15.4 Å². The summed E-state index contributed by atoms with van der Waals surface area (Å²) < 4.78 is 5.93. The molecule has 1 aromatic heterocycles. The summed E-state index contributed by atoms with van der Waals surface area (Å²) >= 11 is 0. The predicted octanol–water partition coefficient (Wildman–Crippen LogP) is 3.11. The van der Waals surface area contributed by atoms with Crippen molar-refractivity contribution >= 4 is 23.3 Å². The van der Waals surface area contributed by atoms with Crippen LogP contribution in [-0.4, -0.2) is 47.4 Å². The van der Waals surface area contributed by atoms with E-state index < -0.39 is 0 Å². The lowest BCUT2D eigenvalue weighted by atomic mass is 10.2. The van der Waals surface area contributed by atoms with Crippen molar-refractivity contribution in [2.75, 3.05) is 25.0 Å². The molecule has 1 aliphatic heterocycles. The molecule has 152 valence electrons. The van der Waals surface area contributed by atoms with Crippen molar-refractivity contribution in [1.82, 2.24) is 15.2 Å². The van der Waals surface area contributed by atoms with E-state index in [9.17, 15) is 9.59 Å². The lowest BCUT2D eigenvalue weighted by Crippen LogP contribution is -2.42. The molecule has 7 heteroatoms. The maximum atomic E-state index is 13.1. The number of anilines is 2. The Bertz CT molecular complexity index is 882. The maximum Gasteiger partial charge on any atom is 0.273 e. The molecule has 0 spiro atoms. The van der Waals surface area contributed by atoms with Crippen LogP contribution in [-0.2, 0) is 4.79 Å². The summed E-state index contributed by atoms with van der Waals surface area (Å²) in [6.07, 6.45) is 4.66. The first kappa shape index (κ1) is 19.2. The molecule has 1 fully saturated rings. The van der Waals surface area contributed by atoms with Crippen molar-refractivity contribution in [3.8, 4) is 5.75 Å². The van der Waals surface area contributed by atoms with Crippen LogP contribution in [0.25, 0.3) is 0 Å². The molecule has 29 heavy (non-hydrogen) atoms. The Hall–Kier alpha value is -3.09. The average molecular weight is 394 g/mol. The van der Waals surface area contributed by atoms with Gasteiger partial charge in [0.1, 0.15) is 17.3 Å². The third-order valence-electron chi connectivity index (χ3n) is 5.01. The molecule has 2 heterocycles. The standard InChI is InChI=1S/C22H26N4O3/c27-21(23-16-11-12-16)15-26-13-4-1-5-14-29-19-9-3-2-7-17(19)24-20-10-6-8-18(25-20)22(26)28/h2-3,6-10,16H,1,4-5,11-15H2,(H,23,27)(H,24,25). The number of carbonyl (C=O) groups is 2. The Morgan fingerprint density at radius 3 is 2.86 bits per heavy atom. The summed E-state index contributed by atoms with van der Waals surface area (Å²) in [6, 6.07) is 13.3. The second-order valence-corrected chi connectivity index (χ2v) is 7.51. The number of amides is 2. The Kier molecular flexibility index (Phi) is 5.93. The molecule has 1 saturated carbocycles. The largest absolute Gasteiger partial charge is 0.491 e. The minimum atomic E-state index is -0.221. The van der Waals surface area contributed by atoms with E-state index >= 15 is 0 Å². The topological polar surface area (TPSA) is 83.6 Å². The lowest BCUT2D eigenvalue weighted by Gasteiger charge is -2.23. The number of nitrogens with zero attached hydrogens (tertiary/aromatic N) is 2. The second-order valence-electron chi connectivity index (χ2n) is 7.51. The minimum absolute atomic E-state index is 0.0635. The van der Waals surface area contributed by atoms with Gasteiger partial charge in [0.15, 0.2) is 0 Å². The number of fused-ring (bicyclic) bond motifs is 3. The van der Waals surface area contributed by atoms with Gasteiger partial charge in [-0.3, -0.25) is 9.59 Å². The van der Waals surface area contributed by atoms with Gasteiger partial charge in [0.25, 0.3) is 5.91 Å². The van der Waals surface area contributed by atoms with Gasteiger partial charge < -0.3 is 20.3 Å². The van der Waals surface area contributed by atoms with Crippen LogP contribution in [0.15, 0.2) is 42.5 Å². The first-order chi connectivity index (χ1) is 14.2. The highest BCUT2D eigenvalue weighted by Gasteiger charge is 2.26. The third-order valence-corrected chi connectivity index (χ3v) is 5.01. The van der Waals surface area contributed by atoms with E-state index in [1.54, 1.807) is 17.0 Å². The molecular formula is C22H26N4O3. The van der Waals surface area contributed by atoms with Crippen LogP contribution in [0, 0.1) is 0 Å². The monoisotopic (exact) mass is 394 g/mol. The first-order valence-electron chi connectivity index (χ1n) is 10.2. The molecule has 2 aliphatic rings. The zero-order valence-electron chi connectivity index (χ0n) is 16.4. The summed E-state index contributed by atoms with van der Waals surface area (Å²) in [7, 11) is 0. The fraction of sp³-hybridized carbons (Fsp3) is 0.409. The Morgan fingerprint density at radius 2 is 2.00 bits per heavy atom. The number of nitrogens with one attached hydrogen (secondary N) is 2. The fourth-order valence-electron chi connectivity index (χ4n) is 3.31. The Morgan fingerprint density at radius 1 is 1.14 bits per heavy atom. The molecule has 7 nitrogen and oxygen atoms in total. The van der Waals surface area contributed by atoms with Crippen LogP contribution in [0.5, 0.6) is 5.75 Å². The number of rotatable bonds is 3. The van der Waals surface area contributed by atoms with Crippen LogP contribution in [0.3, 0.4) is 0 Å². The molecule has 0 atom stereocenters. The van der Waals surface area contributed by atoms with Crippen molar-refractivity contribution in [2.45, 2.75) is 38.1 Å². The van der Waals surface area contributed by atoms with Crippen molar-refractivity contribution in [3.05, 3.63) is 48.2 Å². The van der Waals surface area contributed by atoms with Crippen LogP contribution >= 0.6 is 0 Å². The number of carbonyl (C=O) groups excluding carboxylic acids is 2. The smallest absolute Gasteiger partial charge is 0.273 e. The van der Waals surface area contributed by atoms with Gasteiger partial charge in [0.2, 0.25) is 5.91 Å². The Balaban J connectivity index is 1.56. The van der Waals surface area contributed by atoms with Crippen molar-refractivity contribution < 1.29 is 14.3 Å². The van der Waals surface area contributed by atoms with Crippen molar-refractivity contribution in [3.63, 3.8) is 0 Å². The Labute approximate surface area is 170 Å². The highest BCUT2D eigenvalue weighted by molar-refractivity contribution is 5.95. The van der Waals surface area contributed by atoms with E-state index in [2.05, 4.69) is 15.6 Å². The van der Waals surface area contributed by atoms with E-state index in [1.807, 2.05) is 30.3 Å². The van der Waals surface area contributed by atoms with Crippen LogP contribution in [0.2, 0.25) is 0 Å². The number of ether oxygens (including phenoxy) is 1. The van der Waals surface area contributed by atoms with Gasteiger partial charge in [-0.15, -0.1) is 0 Å². The highest BCUT2D eigenvalue weighted by atomic mass is 16.5. The van der Waals surface area contributed by atoms with E-state index in [0.29, 0.717) is 24.7 Å². The maximum absolute atomic E-state index is 13.1. The van der Waals surface area contributed by atoms with E-state index in [1.165, 1.54) is 0 Å². The van der Waals surface area contributed by atoms with Gasteiger partial charge in [-0.25, -0.2) is 4.98 Å².